The van der Waals surface area contributed by atoms with Crippen molar-refractivity contribution in [2.45, 2.75) is 38.3 Å². The summed E-state index contributed by atoms with van der Waals surface area (Å²) in [5, 5.41) is 3.20. The first-order chi connectivity index (χ1) is 9.24. The predicted molar refractivity (Wildman–Crippen MR) is 75.7 cm³/mol. The van der Waals surface area contributed by atoms with Crippen molar-refractivity contribution in [1.29, 1.82) is 0 Å². The van der Waals surface area contributed by atoms with E-state index in [-0.39, 0.29) is 5.91 Å². The van der Waals surface area contributed by atoms with E-state index in [2.05, 4.69) is 47.5 Å². The average Bonchev–Trinajstić information content (AvgIpc) is 3.20. The Hall–Kier alpha value is -1.35. The summed E-state index contributed by atoms with van der Waals surface area (Å²) in [6.45, 7) is 4.31. The average molecular weight is 258 g/mol. The van der Waals surface area contributed by atoms with Crippen LogP contribution in [0.4, 0.5) is 0 Å². The summed E-state index contributed by atoms with van der Waals surface area (Å²) < 4.78 is 0. The van der Waals surface area contributed by atoms with E-state index in [0.717, 1.165) is 32.4 Å². The van der Waals surface area contributed by atoms with E-state index in [1.165, 1.54) is 5.56 Å². The minimum absolute atomic E-state index is 0.277. The van der Waals surface area contributed by atoms with E-state index < -0.39 is 0 Å². The molecule has 1 saturated carbocycles. The quantitative estimate of drug-likeness (QED) is 0.899. The van der Waals surface area contributed by atoms with Gasteiger partial charge >= 0.3 is 0 Å². The van der Waals surface area contributed by atoms with Gasteiger partial charge < -0.3 is 5.32 Å². The number of hydrogen-bond donors (Lipinski definition) is 1. The molecular weight excluding hydrogens is 236 g/mol. The number of carbonyl (C=O) groups is 1. The SMILES string of the molecule is CC(c1ccccc1)N1CCC(NC(=O)C2CC2)C1. The number of likely N-dealkylation sites (tertiary alicyclic amines) is 1. The van der Waals surface area contributed by atoms with Gasteiger partial charge in [-0.15, -0.1) is 0 Å². The minimum atomic E-state index is 0.277. The molecule has 1 aromatic carbocycles. The zero-order valence-corrected chi connectivity index (χ0v) is 11.5. The molecule has 2 unspecified atom stereocenters. The maximum atomic E-state index is 11.8. The standard InChI is InChI=1S/C16H22N2O/c1-12(13-5-3-2-4-6-13)18-10-9-15(11-18)17-16(19)14-7-8-14/h2-6,12,14-15H,7-11H2,1H3,(H,17,19). The second-order valence-electron chi connectivity index (χ2n) is 5.85. The van der Waals surface area contributed by atoms with E-state index in [0.29, 0.717) is 18.0 Å². The molecule has 1 aromatic rings. The van der Waals surface area contributed by atoms with Gasteiger partial charge in [-0.2, -0.15) is 0 Å². The van der Waals surface area contributed by atoms with Gasteiger partial charge in [-0.05, 0) is 31.7 Å². The lowest BCUT2D eigenvalue weighted by Gasteiger charge is -2.24. The fourth-order valence-corrected chi connectivity index (χ4v) is 2.86. The molecule has 2 atom stereocenters. The van der Waals surface area contributed by atoms with Gasteiger partial charge in [0.25, 0.3) is 0 Å². The number of rotatable bonds is 4. The van der Waals surface area contributed by atoms with Crippen molar-refractivity contribution in [1.82, 2.24) is 10.2 Å². The molecule has 0 spiro atoms. The molecule has 1 aliphatic carbocycles. The number of benzene rings is 1. The maximum Gasteiger partial charge on any atom is 0.223 e. The minimum Gasteiger partial charge on any atom is -0.352 e. The van der Waals surface area contributed by atoms with Crippen molar-refractivity contribution in [2.24, 2.45) is 5.92 Å². The summed E-state index contributed by atoms with van der Waals surface area (Å²) in [7, 11) is 0. The van der Waals surface area contributed by atoms with E-state index >= 15 is 0 Å². The van der Waals surface area contributed by atoms with Crippen LogP contribution in [0, 0.1) is 5.92 Å². The van der Waals surface area contributed by atoms with Gasteiger partial charge in [0.15, 0.2) is 0 Å². The molecular formula is C16H22N2O. The van der Waals surface area contributed by atoms with Crippen LogP contribution < -0.4 is 5.32 Å². The first-order valence-corrected chi connectivity index (χ1v) is 7.33. The van der Waals surface area contributed by atoms with Crippen LogP contribution in [0.3, 0.4) is 0 Å². The topological polar surface area (TPSA) is 32.3 Å². The second kappa shape index (κ2) is 5.33. The van der Waals surface area contributed by atoms with Gasteiger partial charge in [0.2, 0.25) is 5.91 Å². The van der Waals surface area contributed by atoms with Crippen LogP contribution in [0.1, 0.15) is 37.8 Å². The molecule has 0 aromatic heterocycles. The van der Waals surface area contributed by atoms with E-state index in [4.69, 9.17) is 0 Å². The third-order valence-electron chi connectivity index (χ3n) is 4.34. The van der Waals surface area contributed by atoms with Gasteiger partial charge in [-0.1, -0.05) is 30.3 Å². The highest BCUT2D eigenvalue weighted by molar-refractivity contribution is 5.81. The normalized spacial score (nSPS) is 25.2. The summed E-state index contributed by atoms with van der Waals surface area (Å²) in [5.41, 5.74) is 1.36. The highest BCUT2D eigenvalue weighted by Crippen LogP contribution is 2.30. The molecule has 2 fully saturated rings. The van der Waals surface area contributed by atoms with Crippen LogP contribution in [-0.2, 0) is 4.79 Å². The van der Waals surface area contributed by atoms with Gasteiger partial charge in [0.05, 0.1) is 0 Å². The molecule has 0 bridgehead atoms. The van der Waals surface area contributed by atoms with Gasteiger partial charge in [0, 0.05) is 31.1 Å². The third-order valence-corrected chi connectivity index (χ3v) is 4.34. The molecule has 1 amide bonds. The smallest absolute Gasteiger partial charge is 0.223 e. The fourth-order valence-electron chi connectivity index (χ4n) is 2.86. The fraction of sp³-hybridized carbons (Fsp3) is 0.562. The van der Waals surface area contributed by atoms with Crippen LogP contribution in [0.5, 0.6) is 0 Å². The Kier molecular flexibility index (Phi) is 3.56. The van der Waals surface area contributed by atoms with Gasteiger partial charge in [-0.25, -0.2) is 0 Å². The Labute approximate surface area is 115 Å². The van der Waals surface area contributed by atoms with Crippen molar-refractivity contribution in [3.63, 3.8) is 0 Å². The first kappa shape index (κ1) is 12.7. The second-order valence-corrected chi connectivity index (χ2v) is 5.85. The number of amides is 1. The zero-order valence-electron chi connectivity index (χ0n) is 11.5. The number of carbonyl (C=O) groups excluding carboxylic acids is 1. The Morgan fingerprint density at radius 1 is 1.26 bits per heavy atom. The highest BCUT2D eigenvalue weighted by Gasteiger charge is 2.33. The molecule has 1 aliphatic heterocycles. The summed E-state index contributed by atoms with van der Waals surface area (Å²) in [4.78, 5) is 14.2. The van der Waals surface area contributed by atoms with Crippen molar-refractivity contribution in [3.05, 3.63) is 35.9 Å². The van der Waals surface area contributed by atoms with E-state index in [9.17, 15) is 4.79 Å². The molecule has 1 heterocycles. The Morgan fingerprint density at radius 2 is 2.00 bits per heavy atom. The number of nitrogens with one attached hydrogen (secondary N) is 1. The van der Waals surface area contributed by atoms with E-state index in [1.54, 1.807) is 0 Å². The molecule has 19 heavy (non-hydrogen) atoms. The van der Waals surface area contributed by atoms with Crippen molar-refractivity contribution in [2.75, 3.05) is 13.1 Å². The summed E-state index contributed by atoms with van der Waals surface area (Å²) in [6.07, 6.45) is 3.25. The molecule has 3 nitrogen and oxygen atoms in total. The van der Waals surface area contributed by atoms with Gasteiger partial charge in [-0.3, -0.25) is 9.69 Å². The molecule has 3 heteroatoms. The number of nitrogens with zero attached hydrogens (tertiary/aromatic N) is 1. The molecule has 3 rings (SSSR count). The van der Waals surface area contributed by atoms with Crippen LogP contribution in [-0.4, -0.2) is 29.9 Å². The summed E-state index contributed by atoms with van der Waals surface area (Å²) in [6, 6.07) is 11.4. The third kappa shape index (κ3) is 2.98. The lowest BCUT2D eigenvalue weighted by atomic mass is 10.1. The lowest BCUT2D eigenvalue weighted by Crippen LogP contribution is -2.38. The van der Waals surface area contributed by atoms with Crippen molar-refractivity contribution >= 4 is 5.91 Å². The molecule has 2 aliphatic rings. The Bertz CT molecular complexity index is 441. The maximum absolute atomic E-state index is 11.8. The Morgan fingerprint density at radius 3 is 2.68 bits per heavy atom. The predicted octanol–water partition coefficient (Wildman–Crippen LogP) is 2.35. The first-order valence-electron chi connectivity index (χ1n) is 7.33. The summed E-state index contributed by atoms with van der Waals surface area (Å²) >= 11 is 0. The van der Waals surface area contributed by atoms with Crippen LogP contribution in [0.15, 0.2) is 30.3 Å². The van der Waals surface area contributed by atoms with E-state index in [1.807, 2.05) is 0 Å². The highest BCUT2D eigenvalue weighted by atomic mass is 16.2. The molecule has 0 radical (unpaired) electrons. The lowest BCUT2D eigenvalue weighted by molar-refractivity contribution is -0.122. The molecule has 102 valence electrons. The Balaban J connectivity index is 1.54. The molecule has 1 saturated heterocycles. The summed E-state index contributed by atoms with van der Waals surface area (Å²) in [5.74, 6) is 0.597. The van der Waals surface area contributed by atoms with Gasteiger partial charge in [0.1, 0.15) is 0 Å². The van der Waals surface area contributed by atoms with Crippen molar-refractivity contribution in [3.8, 4) is 0 Å². The van der Waals surface area contributed by atoms with Crippen LogP contribution in [0.25, 0.3) is 0 Å². The van der Waals surface area contributed by atoms with Crippen LogP contribution >= 0.6 is 0 Å². The molecule has 1 N–H and O–H groups in total. The largest absolute Gasteiger partial charge is 0.352 e. The zero-order chi connectivity index (χ0) is 13.2. The van der Waals surface area contributed by atoms with Crippen molar-refractivity contribution < 1.29 is 4.79 Å². The number of hydrogen-bond acceptors (Lipinski definition) is 2. The monoisotopic (exact) mass is 258 g/mol. The van der Waals surface area contributed by atoms with Crippen LogP contribution in [0.2, 0.25) is 0 Å².